The van der Waals surface area contributed by atoms with Crippen LogP contribution in [0.3, 0.4) is 0 Å². The standard InChI is InChI=1S/C36H38BrF3N6O3/c37-27-6-1-4-20-12-24(47)13-25(29(20)27)30-32(48-19-36(38,39)40)31-26(15-41-30)33(45-16-22-8-9-23(17-45)42-22)44-34(43-31)49-18-35-10-3-11-46(35)28-7-2-5-21(28)14-35/h1,4,6,12-13,15,21-23,28,42,47H,2-3,5,7-11,14,16-19H2. The van der Waals surface area contributed by atoms with Gasteiger partial charge in [0.05, 0.1) is 10.9 Å². The molecule has 9 rings (SSSR count). The van der Waals surface area contributed by atoms with Gasteiger partial charge in [-0.05, 0) is 81.0 Å². The molecule has 4 aliphatic heterocycles. The van der Waals surface area contributed by atoms with Crippen LogP contribution >= 0.6 is 15.9 Å². The summed E-state index contributed by atoms with van der Waals surface area (Å²) in [7, 11) is 0. The maximum absolute atomic E-state index is 13.8. The second-order valence-electron chi connectivity index (χ2n) is 14.6. The van der Waals surface area contributed by atoms with Gasteiger partial charge in [-0.2, -0.15) is 23.1 Å². The lowest BCUT2D eigenvalue weighted by Crippen LogP contribution is -2.51. The molecule has 2 N–H and O–H groups in total. The summed E-state index contributed by atoms with van der Waals surface area (Å²) in [6.07, 6.45) is 6.13. The summed E-state index contributed by atoms with van der Waals surface area (Å²) >= 11 is 3.61. The number of anilines is 1. The van der Waals surface area contributed by atoms with Crippen molar-refractivity contribution in [3.63, 3.8) is 0 Å². The van der Waals surface area contributed by atoms with Crippen LogP contribution in [0.1, 0.15) is 51.4 Å². The number of benzene rings is 2. The number of nitrogens with zero attached hydrogens (tertiary/aromatic N) is 5. The third-order valence-electron chi connectivity index (χ3n) is 11.5. The minimum atomic E-state index is -4.61. The van der Waals surface area contributed by atoms with E-state index < -0.39 is 12.8 Å². The molecular weight excluding hydrogens is 701 g/mol. The summed E-state index contributed by atoms with van der Waals surface area (Å²) in [6.45, 7) is 1.36. The lowest BCUT2D eigenvalue weighted by molar-refractivity contribution is -0.153. The number of rotatable bonds is 7. The van der Waals surface area contributed by atoms with Crippen LogP contribution in [-0.4, -0.2) is 87.6 Å². The first-order chi connectivity index (χ1) is 23.6. The first-order valence-corrected chi connectivity index (χ1v) is 18.2. The minimum Gasteiger partial charge on any atom is -0.508 e. The molecule has 4 aromatic rings. The van der Waals surface area contributed by atoms with Crippen molar-refractivity contribution in [3.8, 4) is 28.8 Å². The fourth-order valence-corrected chi connectivity index (χ4v) is 10.2. The highest BCUT2D eigenvalue weighted by atomic mass is 79.9. The summed E-state index contributed by atoms with van der Waals surface area (Å²) in [4.78, 5) is 19.4. The Kier molecular flexibility index (Phi) is 7.62. The number of halogens is 4. The topological polar surface area (TPSA) is 95.9 Å². The molecular formula is C36H38BrF3N6O3. The van der Waals surface area contributed by atoms with Gasteiger partial charge in [-0.15, -0.1) is 0 Å². The number of aromatic nitrogens is 3. The van der Waals surface area contributed by atoms with Crippen LogP contribution in [0.4, 0.5) is 19.0 Å². The third-order valence-corrected chi connectivity index (χ3v) is 12.2. The summed E-state index contributed by atoms with van der Waals surface area (Å²) in [5.41, 5.74) is 0.689. The van der Waals surface area contributed by atoms with Gasteiger partial charge >= 0.3 is 12.2 Å². The van der Waals surface area contributed by atoms with Gasteiger partial charge in [-0.1, -0.05) is 34.5 Å². The van der Waals surface area contributed by atoms with Crippen molar-refractivity contribution in [1.29, 1.82) is 0 Å². The number of aromatic hydroxyl groups is 1. The third kappa shape index (κ3) is 5.56. The molecule has 5 atom stereocenters. The molecule has 2 aromatic carbocycles. The molecule has 1 aliphatic carbocycles. The molecule has 2 bridgehead atoms. The normalized spacial score (nSPS) is 28.0. The van der Waals surface area contributed by atoms with E-state index in [9.17, 15) is 18.3 Å². The number of pyridine rings is 1. The summed E-state index contributed by atoms with van der Waals surface area (Å²) in [5, 5.41) is 16.2. The predicted octanol–water partition coefficient (Wildman–Crippen LogP) is 6.98. The van der Waals surface area contributed by atoms with Crippen LogP contribution in [0.15, 0.2) is 41.0 Å². The number of nitrogens with one attached hydrogen (secondary N) is 1. The van der Waals surface area contributed by atoms with Crippen LogP contribution in [0, 0.1) is 5.92 Å². The minimum absolute atomic E-state index is 0.0466. The molecule has 5 unspecified atom stereocenters. The quantitative estimate of drug-likeness (QED) is 0.208. The Morgan fingerprint density at radius 3 is 2.69 bits per heavy atom. The van der Waals surface area contributed by atoms with Crippen LogP contribution in [-0.2, 0) is 0 Å². The van der Waals surface area contributed by atoms with Crippen molar-refractivity contribution >= 4 is 43.4 Å². The highest BCUT2D eigenvalue weighted by molar-refractivity contribution is 9.10. The van der Waals surface area contributed by atoms with E-state index in [4.69, 9.17) is 24.4 Å². The Morgan fingerprint density at radius 1 is 1.04 bits per heavy atom. The number of hydrogen-bond acceptors (Lipinski definition) is 9. The van der Waals surface area contributed by atoms with Crippen LogP contribution < -0.4 is 19.7 Å². The van der Waals surface area contributed by atoms with E-state index in [1.54, 1.807) is 12.3 Å². The first kappa shape index (κ1) is 31.6. The Balaban J connectivity index is 1.20. The number of phenolic OH excluding ortho intramolecular Hbond substituents is 1. The van der Waals surface area contributed by atoms with Crippen molar-refractivity contribution in [2.75, 3.05) is 37.7 Å². The van der Waals surface area contributed by atoms with Crippen LogP contribution in [0.5, 0.6) is 17.5 Å². The average molecular weight is 740 g/mol. The zero-order chi connectivity index (χ0) is 33.5. The monoisotopic (exact) mass is 738 g/mol. The van der Waals surface area contributed by atoms with Gasteiger partial charge in [0.25, 0.3) is 0 Å². The van der Waals surface area contributed by atoms with E-state index in [-0.39, 0.29) is 34.3 Å². The number of alkyl halides is 3. The molecule has 49 heavy (non-hydrogen) atoms. The molecule has 0 spiro atoms. The summed E-state index contributed by atoms with van der Waals surface area (Å²) in [6, 6.07) is 9.92. The Morgan fingerprint density at radius 2 is 1.88 bits per heavy atom. The highest BCUT2D eigenvalue weighted by Gasteiger charge is 2.55. The van der Waals surface area contributed by atoms with Crippen LogP contribution in [0.2, 0.25) is 0 Å². The number of phenols is 1. The summed E-state index contributed by atoms with van der Waals surface area (Å²) < 4.78 is 54.5. The smallest absolute Gasteiger partial charge is 0.422 e. The van der Waals surface area contributed by atoms with Crippen molar-refractivity contribution in [3.05, 3.63) is 41.0 Å². The molecule has 0 radical (unpaired) electrons. The maximum atomic E-state index is 13.8. The predicted molar refractivity (Wildman–Crippen MR) is 183 cm³/mol. The van der Waals surface area contributed by atoms with Gasteiger partial charge in [0, 0.05) is 52.8 Å². The lowest BCUT2D eigenvalue weighted by atomic mass is 9.90. The van der Waals surface area contributed by atoms with Gasteiger partial charge < -0.3 is 24.8 Å². The Bertz CT molecular complexity index is 1930. The Hall–Kier alpha value is -3.42. The lowest BCUT2D eigenvalue weighted by Gasteiger charge is -2.35. The van der Waals surface area contributed by atoms with Gasteiger partial charge in [0.1, 0.15) is 29.4 Å². The SMILES string of the molecule is Oc1cc(-c2ncc3c(N4CC5CCC(C4)N5)nc(OCC45CCCN4C4CCCC4C5)nc3c2OCC(F)(F)F)c2c(Br)cccc2c1. The van der Waals surface area contributed by atoms with E-state index in [1.807, 2.05) is 18.2 Å². The van der Waals surface area contributed by atoms with E-state index in [2.05, 4.69) is 31.0 Å². The van der Waals surface area contributed by atoms with Crippen molar-refractivity contribution in [2.45, 2.75) is 81.2 Å². The first-order valence-electron chi connectivity index (χ1n) is 17.4. The van der Waals surface area contributed by atoms with Gasteiger partial charge in [0.15, 0.2) is 12.4 Å². The second kappa shape index (κ2) is 11.8. The van der Waals surface area contributed by atoms with E-state index in [1.165, 1.54) is 25.3 Å². The highest BCUT2D eigenvalue weighted by Crippen LogP contribution is 2.51. The van der Waals surface area contributed by atoms with Gasteiger partial charge in [0.2, 0.25) is 0 Å². The number of piperazine rings is 1. The zero-order valence-corrected chi connectivity index (χ0v) is 28.6. The number of ether oxygens (including phenoxy) is 2. The Labute approximate surface area is 290 Å². The number of fused-ring (bicyclic) bond motifs is 7. The molecule has 1 saturated carbocycles. The largest absolute Gasteiger partial charge is 0.508 e. The molecule has 258 valence electrons. The van der Waals surface area contributed by atoms with Gasteiger partial charge in [-0.25, -0.2) is 0 Å². The molecule has 5 aliphatic rings. The van der Waals surface area contributed by atoms with E-state index in [0.29, 0.717) is 75.8 Å². The number of hydrogen-bond donors (Lipinski definition) is 2. The van der Waals surface area contributed by atoms with Crippen LogP contribution in [0.25, 0.3) is 32.9 Å². The summed E-state index contributed by atoms with van der Waals surface area (Å²) in [5.74, 6) is 1.09. The molecule has 6 heterocycles. The van der Waals surface area contributed by atoms with E-state index in [0.717, 1.165) is 38.6 Å². The molecule has 13 heteroatoms. The fourth-order valence-electron chi connectivity index (χ4n) is 9.60. The maximum Gasteiger partial charge on any atom is 0.422 e. The van der Waals surface area contributed by atoms with Crippen molar-refractivity contribution < 1.29 is 27.8 Å². The fraction of sp³-hybridized carbons (Fsp3) is 0.528. The average Bonchev–Trinajstić information content (AvgIpc) is 3.83. The van der Waals surface area contributed by atoms with Gasteiger partial charge in [-0.3, -0.25) is 9.88 Å². The molecule has 5 fully saturated rings. The molecule has 0 amide bonds. The second-order valence-corrected chi connectivity index (χ2v) is 15.4. The molecule has 4 saturated heterocycles. The van der Waals surface area contributed by atoms with Crippen molar-refractivity contribution in [1.82, 2.24) is 25.2 Å². The molecule has 2 aromatic heterocycles. The molecule has 9 nitrogen and oxygen atoms in total. The zero-order valence-electron chi connectivity index (χ0n) is 27.0. The van der Waals surface area contributed by atoms with Crippen molar-refractivity contribution in [2.24, 2.45) is 5.92 Å². The van der Waals surface area contributed by atoms with E-state index >= 15 is 0 Å².